The molecule has 0 amide bonds. The first kappa shape index (κ1) is 8.12. The van der Waals surface area contributed by atoms with E-state index in [1.165, 1.54) is 0 Å². The average molecular weight is 426 g/mol. The second-order valence-corrected chi connectivity index (χ2v) is 6.93. The van der Waals surface area contributed by atoms with Crippen LogP contribution in [-0.2, 0) is 0 Å². The van der Waals surface area contributed by atoms with Gasteiger partial charge < -0.3 is 0 Å². The van der Waals surface area contributed by atoms with Crippen LogP contribution < -0.4 is 0 Å². The minimum atomic E-state index is -0.705. The van der Waals surface area contributed by atoms with Crippen molar-refractivity contribution in [3.63, 3.8) is 0 Å². The number of halogens is 4. The summed E-state index contributed by atoms with van der Waals surface area (Å²) in [6.45, 7) is 0. The van der Waals surface area contributed by atoms with E-state index in [0.29, 0.717) is 0 Å². The highest BCUT2D eigenvalue weighted by atomic mass is 127. The molecule has 6 heavy (non-hydrogen) atoms. The van der Waals surface area contributed by atoms with E-state index in [0.717, 1.165) is 0 Å². The van der Waals surface area contributed by atoms with Gasteiger partial charge in [-0.25, -0.2) is 4.39 Å². The SMILES string of the molecule is FC(I)C(I)I. The number of rotatable bonds is 1. The molecule has 4 heteroatoms. The van der Waals surface area contributed by atoms with Crippen molar-refractivity contribution in [2.24, 2.45) is 0 Å². The van der Waals surface area contributed by atoms with E-state index < -0.39 is 4.18 Å². The van der Waals surface area contributed by atoms with Gasteiger partial charge in [-0.2, -0.15) is 0 Å². The maximum atomic E-state index is 11.8. The molecule has 0 aromatic heterocycles. The Morgan fingerprint density at radius 3 is 1.33 bits per heavy atom. The molecule has 0 saturated heterocycles. The lowest BCUT2D eigenvalue weighted by atomic mass is 10.9. The molecule has 0 bridgehead atoms. The first-order valence-electron chi connectivity index (χ1n) is 1.21. The van der Waals surface area contributed by atoms with Gasteiger partial charge >= 0.3 is 0 Å². The van der Waals surface area contributed by atoms with Gasteiger partial charge in [0.25, 0.3) is 0 Å². The fraction of sp³-hybridized carbons (Fsp3) is 1.00. The molecule has 0 N–H and O–H groups in total. The zero-order valence-corrected chi connectivity index (χ0v) is 9.14. The molecule has 0 aromatic rings. The molecule has 0 aliphatic rings. The number of hydrogen-bond donors (Lipinski definition) is 0. The van der Waals surface area contributed by atoms with E-state index in [9.17, 15) is 4.39 Å². The molecular weight excluding hydrogens is 424 g/mol. The first-order chi connectivity index (χ1) is 2.64. The van der Waals surface area contributed by atoms with Crippen molar-refractivity contribution in [1.82, 2.24) is 0 Å². The standard InChI is InChI=1S/C2H2FI3/c3-1(4)2(5)6/h1-2H. The zero-order chi connectivity index (χ0) is 5.15. The van der Waals surface area contributed by atoms with Crippen LogP contribution in [0.25, 0.3) is 0 Å². The van der Waals surface area contributed by atoms with Crippen molar-refractivity contribution >= 4 is 67.8 Å². The summed E-state index contributed by atoms with van der Waals surface area (Å²) in [5.41, 5.74) is 0. The summed E-state index contributed by atoms with van der Waals surface area (Å²) < 4.78 is 11.2. The zero-order valence-electron chi connectivity index (χ0n) is 2.67. The Labute approximate surface area is 77.1 Å². The van der Waals surface area contributed by atoms with Gasteiger partial charge in [-0.1, -0.05) is 45.2 Å². The Bertz CT molecular complexity index is 29.8. The van der Waals surface area contributed by atoms with Gasteiger partial charge in [0.05, 0.1) is 0 Å². The van der Waals surface area contributed by atoms with Gasteiger partial charge in [-0.05, 0) is 22.6 Å². The predicted octanol–water partition coefficient (Wildman–Crippen LogP) is 2.91. The van der Waals surface area contributed by atoms with Crippen molar-refractivity contribution in [1.29, 1.82) is 0 Å². The Morgan fingerprint density at radius 1 is 1.17 bits per heavy atom. The highest BCUT2D eigenvalue weighted by Crippen LogP contribution is 2.21. The van der Waals surface area contributed by atoms with E-state index in [1.54, 1.807) is 22.6 Å². The van der Waals surface area contributed by atoms with Gasteiger partial charge in [0, 0.05) is 0 Å². The van der Waals surface area contributed by atoms with Crippen molar-refractivity contribution in [3.05, 3.63) is 0 Å². The van der Waals surface area contributed by atoms with Crippen molar-refractivity contribution in [3.8, 4) is 0 Å². The molecule has 0 spiro atoms. The topological polar surface area (TPSA) is 0 Å². The summed E-state index contributed by atoms with van der Waals surface area (Å²) in [5, 5.41) is 0. The molecule has 0 aliphatic heterocycles. The van der Waals surface area contributed by atoms with Gasteiger partial charge in [0.15, 0.2) is 4.18 Å². The van der Waals surface area contributed by atoms with Crippen molar-refractivity contribution in [2.45, 2.75) is 6.11 Å². The van der Waals surface area contributed by atoms with Crippen LogP contribution in [0.15, 0.2) is 0 Å². The third kappa shape index (κ3) is 4.28. The fourth-order valence-electron chi connectivity index (χ4n) is 0. The molecule has 0 aromatic carbocycles. The molecule has 0 radical (unpaired) electrons. The number of hydrogen-bond acceptors (Lipinski definition) is 0. The lowest BCUT2D eigenvalue weighted by molar-refractivity contribution is 0.509. The first-order valence-corrected chi connectivity index (χ1v) is 4.94. The molecule has 1 atom stereocenters. The van der Waals surface area contributed by atoms with E-state index in [1.807, 2.05) is 45.2 Å². The van der Waals surface area contributed by atoms with Crippen molar-refractivity contribution in [2.75, 3.05) is 0 Å². The minimum absolute atomic E-state index is 0.112. The van der Waals surface area contributed by atoms with Crippen LogP contribution in [0.2, 0.25) is 0 Å². The minimum Gasteiger partial charge on any atom is -0.234 e. The quantitative estimate of drug-likeness (QED) is 0.448. The maximum Gasteiger partial charge on any atom is 0.171 e. The summed E-state index contributed by atoms with van der Waals surface area (Å²) in [5.74, 6) is 0. The molecule has 38 valence electrons. The summed E-state index contributed by atoms with van der Waals surface area (Å²) in [6, 6.07) is 0. The average Bonchev–Trinajstić information content (AvgIpc) is 1.36. The Balaban J connectivity index is 2.99. The van der Waals surface area contributed by atoms with Gasteiger partial charge in [-0.3, -0.25) is 0 Å². The highest BCUT2D eigenvalue weighted by Gasteiger charge is 2.06. The lowest BCUT2D eigenvalue weighted by Crippen LogP contribution is -1.95. The van der Waals surface area contributed by atoms with Crippen LogP contribution in [0, 0.1) is 0 Å². The third-order valence-electron chi connectivity index (χ3n) is 0.190. The van der Waals surface area contributed by atoms with Crippen LogP contribution in [0.1, 0.15) is 0 Å². The van der Waals surface area contributed by atoms with Crippen LogP contribution in [0.3, 0.4) is 0 Å². The number of alkyl halides is 4. The van der Waals surface area contributed by atoms with Crippen LogP contribution in [0.5, 0.6) is 0 Å². The Morgan fingerprint density at radius 2 is 1.33 bits per heavy atom. The van der Waals surface area contributed by atoms with E-state index in [-0.39, 0.29) is 1.93 Å². The molecule has 0 saturated carbocycles. The van der Waals surface area contributed by atoms with Gasteiger partial charge in [0.1, 0.15) is 1.93 Å². The summed E-state index contributed by atoms with van der Waals surface area (Å²) >= 11 is 5.82. The molecule has 0 heterocycles. The Kier molecular flexibility index (Phi) is 5.47. The molecule has 0 nitrogen and oxygen atoms in total. The molecular formula is C2H2FI3. The van der Waals surface area contributed by atoms with Crippen molar-refractivity contribution < 1.29 is 4.39 Å². The van der Waals surface area contributed by atoms with Crippen LogP contribution in [-0.4, -0.2) is 6.11 Å². The largest absolute Gasteiger partial charge is 0.234 e. The second-order valence-electron chi connectivity index (χ2n) is 0.669. The second kappa shape index (κ2) is 4.04. The third-order valence-corrected chi connectivity index (χ3v) is 4.92. The molecule has 0 aliphatic carbocycles. The fourth-order valence-corrected chi connectivity index (χ4v) is 0. The maximum absolute atomic E-state index is 11.8. The summed E-state index contributed by atoms with van der Waals surface area (Å²) in [6.07, 6.45) is 0. The summed E-state index contributed by atoms with van der Waals surface area (Å²) in [7, 11) is 0. The van der Waals surface area contributed by atoms with E-state index >= 15 is 0 Å². The normalized spacial score (nSPS) is 15.5. The van der Waals surface area contributed by atoms with Crippen LogP contribution >= 0.6 is 67.8 Å². The highest BCUT2D eigenvalue weighted by molar-refractivity contribution is 14.2. The van der Waals surface area contributed by atoms with Gasteiger partial charge in [-0.15, -0.1) is 0 Å². The monoisotopic (exact) mass is 426 g/mol. The Hall–Kier alpha value is 2.12. The molecule has 1 unspecified atom stereocenters. The van der Waals surface area contributed by atoms with E-state index in [4.69, 9.17) is 0 Å². The predicted molar refractivity (Wildman–Crippen MR) is 50.7 cm³/mol. The van der Waals surface area contributed by atoms with Crippen LogP contribution in [0.4, 0.5) is 4.39 Å². The smallest absolute Gasteiger partial charge is 0.171 e. The lowest BCUT2D eigenvalue weighted by Gasteiger charge is -1.95. The molecule has 0 fully saturated rings. The molecule has 0 rings (SSSR count). The van der Waals surface area contributed by atoms with E-state index in [2.05, 4.69) is 0 Å². The van der Waals surface area contributed by atoms with Gasteiger partial charge in [0.2, 0.25) is 0 Å². The summed E-state index contributed by atoms with van der Waals surface area (Å²) in [4.78, 5) is 0.